The van der Waals surface area contributed by atoms with Crippen molar-refractivity contribution < 1.29 is 4.74 Å². The van der Waals surface area contributed by atoms with E-state index in [9.17, 15) is 0 Å². The maximum atomic E-state index is 5.82. The van der Waals surface area contributed by atoms with Crippen molar-refractivity contribution in [2.24, 2.45) is 5.73 Å². The normalized spacial score (nSPS) is 11.7. The number of fused-ring (bicyclic) bond motifs is 1. The number of ether oxygens (including phenoxy) is 1. The Balaban J connectivity index is 2.20. The maximum Gasteiger partial charge on any atom is 0.316 e. The first-order valence-electron chi connectivity index (χ1n) is 5.18. The van der Waals surface area contributed by atoms with Crippen LogP contribution in [0.5, 0.6) is 6.01 Å². The zero-order chi connectivity index (χ0) is 11.6. The molecule has 16 heavy (non-hydrogen) atoms. The van der Waals surface area contributed by atoms with Crippen LogP contribution < -0.4 is 10.5 Å². The number of benzene rings is 1. The van der Waals surface area contributed by atoms with Crippen LogP contribution in [0.1, 0.15) is 13.8 Å². The number of hydrogen-bond donors (Lipinski definition) is 1. The Morgan fingerprint density at radius 2 is 2.06 bits per heavy atom. The molecule has 2 rings (SSSR count). The van der Waals surface area contributed by atoms with Crippen molar-refractivity contribution >= 4 is 10.9 Å². The molecule has 1 heterocycles. The summed E-state index contributed by atoms with van der Waals surface area (Å²) in [6.07, 6.45) is 1.75. The maximum absolute atomic E-state index is 5.82. The lowest BCUT2D eigenvalue weighted by atomic mass is 10.1. The van der Waals surface area contributed by atoms with E-state index in [0.29, 0.717) is 12.6 Å². The van der Waals surface area contributed by atoms with Crippen molar-refractivity contribution in [3.05, 3.63) is 30.5 Å². The van der Waals surface area contributed by atoms with Crippen LogP contribution in [0.25, 0.3) is 10.9 Å². The first kappa shape index (κ1) is 10.8. The summed E-state index contributed by atoms with van der Waals surface area (Å²) in [5, 5.41) is 1.00. The number of nitrogens with zero attached hydrogens (tertiary/aromatic N) is 2. The molecular formula is C12H15N3O. The third-order valence-corrected chi connectivity index (χ3v) is 2.04. The summed E-state index contributed by atoms with van der Waals surface area (Å²) in [4.78, 5) is 8.41. The molecule has 0 aliphatic rings. The van der Waals surface area contributed by atoms with Gasteiger partial charge >= 0.3 is 6.01 Å². The van der Waals surface area contributed by atoms with Crippen molar-refractivity contribution in [2.75, 3.05) is 6.61 Å². The Kier molecular flexibility index (Phi) is 2.75. The van der Waals surface area contributed by atoms with E-state index in [-0.39, 0.29) is 5.54 Å². The lowest BCUT2D eigenvalue weighted by Crippen LogP contribution is -2.38. The minimum atomic E-state index is -0.380. The summed E-state index contributed by atoms with van der Waals surface area (Å²) in [7, 11) is 0. The summed E-state index contributed by atoms with van der Waals surface area (Å²) in [5.74, 6) is 0. The fourth-order valence-corrected chi connectivity index (χ4v) is 1.28. The molecule has 0 saturated carbocycles. The van der Waals surface area contributed by atoms with Gasteiger partial charge in [0.15, 0.2) is 0 Å². The first-order chi connectivity index (χ1) is 7.54. The molecular weight excluding hydrogens is 202 g/mol. The highest BCUT2D eigenvalue weighted by molar-refractivity contribution is 5.77. The van der Waals surface area contributed by atoms with Gasteiger partial charge in [0, 0.05) is 17.1 Å². The van der Waals surface area contributed by atoms with Gasteiger partial charge in [0.2, 0.25) is 0 Å². The van der Waals surface area contributed by atoms with Gasteiger partial charge in [-0.3, -0.25) is 0 Å². The molecule has 2 aromatic rings. The molecule has 0 bridgehead atoms. The van der Waals surface area contributed by atoms with Crippen LogP contribution >= 0.6 is 0 Å². The van der Waals surface area contributed by atoms with Crippen molar-refractivity contribution in [2.45, 2.75) is 19.4 Å². The fourth-order valence-electron chi connectivity index (χ4n) is 1.28. The van der Waals surface area contributed by atoms with E-state index in [1.807, 2.05) is 38.1 Å². The van der Waals surface area contributed by atoms with E-state index in [0.717, 1.165) is 10.9 Å². The molecule has 4 nitrogen and oxygen atoms in total. The zero-order valence-electron chi connectivity index (χ0n) is 9.47. The molecule has 84 valence electrons. The molecule has 0 aliphatic heterocycles. The molecule has 0 amide bonds. The highest BCUT2D eigenvalue weighted by Crippen LogP contribution is 2.13. The summed E-state index contributed by atoms with van der Waals surface area (Å²) in [6.45, 7) is 4.19. The zero-order valence-corrected chi connectivity index (χ0v) is 9.47. The molecule has 0 saturated heterocycles. The van der Waals surface area contributed by atoms with Crippen LogP contribution in [0.4, 0.5) is 0 Å². The second-order valence-electron chi connectivity index (χ2n) is 4.49. The SMILES string of the molecule is CC(C)(N)COc1ncc2ccccc2n1. The average Bonchev–Trinajstić information content (AvgIpc) is 2.25. The summed E-state index contributed by atoms with van der Waals surface area (Å²) < 4.78 is 5.43. The predicted octanol–water partition coefficient (Wildman–Crippen LogP) is 1.75. The summed E-state index contributed by atoms with van der Waals surface area (Å²) in [5.41, 5.74) is 6.31. The monoisotopic (exact) mass is 217 g/mol. The quantitative estimate of drug-likeness (QED) is 0.850. The first-order valence-corrected chi connectivity index (χ1v) is 5.18. The van der Waals surface area contributed by atoms with Gasteiger partial charge < -0.3 is 10.5 Å². The number of para-hydroxylation sites is 1. The highest BCUT2D eigenvalue weighted by Gasteiger charge is 2.12. The van der Waals surface area contributed by atoms with Gasteiger partial charge in [-0.1, -0.05) is 18.2 Å². The largest absolute Gasteiger partial charge is 0.462 e. The van der Waals surface area contributed by atoms with E-state index in [2.05, 4.69) is 9.97 Å². The third-order valence-electron chi connectivity index (χ3n) is 2.04. The second kappa shape index (κ2) is 4.06. The van der Waals surface area contributed by atoms with Gasteiger partial charge in [0.05, 0.1) is 5.52 Å². The topological polar surface area (TPSA) is 61.0 Å². The number of rotatable bonds is 3. The van der Waals surface area contributed by atoms with E-state index in [1.165, 1.54) is 0 Å². The van der Waals surface area contributed by atoms with Crippen LogP contribution in [0.2, 0.25) is 0 Å². The lowest BCUT2D eigenvalue weighted by molar-refractivity contribution is 0.227. The van der Waals surface area contributed by atoms with E-state index < -0.39 is 0 Å². The van der Waals surface area contributed by atoms with Gasteiger partial charge in [-0.25, -0.2) is 4.98 Å². The average molecular weight is 217 g/mol. The van der Waals surface area contributed by atoms with Gasteiger partial charge in [-0.05, 0) is 19.9 Å². The van der Waals surface area contributed by atoms with E-state index in [4.69, 9.17) is 10.5 Å². The summed E-state index contributed by atoms with van der Waals surface area (Å²) in [6, 6.07) is 8.15. The molecule has 0 fully saturated rings. The minimum Gasteiger partial charge on any atom is -0.462 e. The van der Waals surface area contributed by atoms with Gasteiger partial charge in [0.25, 0.3) is 0 Å². The lowest BCUT2D eigenvalue weighted by Gasteiger charge is -2.17. The van der Waals surface area contributed by atoms with Gasteiger partial charge in [-0.2, -0.15) is 4.98 Å². The molecule has 0 spiro atoms. The van der Waals surface area contributed by atoms with Crippen molar-refractivity contribution in [1.29, 1.82) is 0 Å². The standard InChI is InChI=1S/C12H15N3O/c1-12(2,13)8-16-11-14-7-9-5-3-4-6-10(9)15-11/h3-7H,8,13H2,1-2H3. The van der Waals surface area contributed by atoms with Gasteiger partial charge in [-0.15, -0.1) is 0 Å². The second-order valence-corrected chi connectivity index (χ2v) is 4.49. The highest BCUT2D eigenvalue weighted by atomic mass is 16.5. The van der Waals surface area contributed by atoms with Crippen molar-refractivity contribution in [3.63, 3.8) is 0 Å². The molecule has 4 heteroatoms. The number of hydrogen-bond acceptors (Lipinski definition) is 4. The van der Waals surface area contributed by atoms with Crippen molar-refractivity contribution in [3.8, 4) is 6.01 Å². The molecule has 1 aromatic carbocycles. The number of aromatic nitrogens is 2. The van der Waals surface area contributed by atoms with E-state index in [1.54, 1.807) is 6.20 Å². The molecule has 0 aliphatic carbocycles. The van der Waals surface area contributed by atoms with Crippen LogP contribution in [-0.2, 0) is 0 Å². The van der Waals surface area contributed by atoms with Crippen molar-refractivity contribution in [1.82, 2.24) is 9.97 Å². The Hall–Kier alpha value is -1.68. The van der Waals surface area contributed by atoms with Crippen LogP contribution in [0, 0.1) is 0 Å². The molecule has 0 radical (unpaired) electrons. The van der Waals surface area contributed by atoms with Crippen LogP contribution in [0.15, 0.2) is 30.5 Å². The van der Waals surface area contributed by atoms with E-state index >= 15 is 0 Å². The number of nitrogens with two attached hydrogens (primary N) is 1. The molecule has 2 N–H and O–H groups in total. The van der Waals surface area contributed by atoms with Crippen LogP contribution in [0.3, 0.4) is 0 Å². The Bertz CT molecular complexity index is 491. The third kappa shape index (κ3) is 2.67. The smallest absolute Gasteiger partial charge is 0.316 e. The Labute approximate surface area is 94.5 Å². The Morgan fingerprint density at radius 1 is 1.31 bits per heavy atom. The molecule has 0 unspecified atom stereocenters. The van der Waals surface area contributed by atoms with Gasteiger partial charge in [0.1, 0.15) is 6.61 Å². The van der Waals surface area contributed by atoms with Crippen LogP contribution in [-0.4, -0.2) is 22.1 Å². The molecule has 1 aromatic heterocycles. The predicted molar refractivity (Wildman–Crippen MR) is 63.3 cm³/mol. The Morgan fingerprint density at radius 3 is 2.81 bits per heavy atom. The fraction of sp³-hybridized carbons (Fsp3) is 0.333. The summed E-state index contributed by atoms with van der Waals surface area (Å²) >= 11 is 0. The minimum absolute atomic E-state index is 0.372. The molecule has 0 atom stereocenters.